The van der Waals surface area contributed by atoms with Gasteiger partial charge >= 0.3 is 5.97 Å². The van der Waals surface area contributed by atoms with Crippen LogP contribution in [0.15, 0.2) is 36.4 Å². The van der Waals surface area contributed by atoms with Crippen LogP contribution in [0.1, 0.15) is 19.4 Å². The summed E-state index contributed by atoms with van der Waals surface area (Å²) < 4.78 is -0.566. The van der Waals surface area contributed by atoms with Crippen molar-refractivity contribution in [3.63, 3.8) is 0 Å². The van der Waals surface area contributed by atoms with Crippen LogP contribution in [0.4, 0.5) is 0 Å². The van der Waals surface area contributed by atoms with Gasteiger partial charge < -0.3 is 15.1 Å². The van der Waals surface area contributed by atoms with Crippen LogP contribution in [0.25, 0.3) is 6.08 Å². The molecule has 2 saturated heterocycles. The number of amides is 1. The lowest BCUT2D eigenvalue weighted by atomic mass is 9.87. The minimum Gasteiger partial charge on any atom is -0.480 e. The largest absolute Gasteiger partial charge is 0.480 e. The predicted molar refractivity (Wildman–Crippen MR) is 88.7 cm³/mol. The smallest absolute Gasteiger partial charge is 0.327 e. The molecule has 0 spiro atoms. The Kier molecular flexibility index (Phi) is 3.98. The van der Waals surface area contributed by atoms with Crippen LogP contribution < -0.4 is 0 Å². The van der Waals surface area contributed by atoms with Crippen LogP contribution in [0.2, 0.25) is 0 Å². The van der Waals surface area contributed by atoms with Crippen LogP contribution in [0.3, 0.4) is 0 Å². The summed E-state index contributed by atoms with van der Waals surface area (Å²) in [4.78, 5) is 25.2. The van der Waals surface area contributed by atoms with Gasteiger partial charge in [-0.2, -0.15) is 0 Å². The van der Waals surface area contributed by atoms with Crippen molar-refractivity contribution in [2.75, 3.05) is 0 Å². The normalized spacial score (nSPS) is 30.1. The fourth-order valence-electron chi connectivity index (χ4n) is 3.25. The first-order valence-corrected chi connectivity index (χ1v) is 8.35. The number of rotatable bonds is 4. The molecule has 1 aromatic carbocycles. The van der Waals surface area contributed by atoms with Gasteiger partial charge in [0.2, 0.25) is 5.91 Å². The highest BCUT2D eigenvalue weighted by atomic mass is 32.2. The number of carboxylic acids is 1. The number of nitrogens with zero attached hydrogens (tertiary/aromatic N) is 1. The van der Waals surface area contributed by atoms with Gasteiger partial charge in [-0.15, -0.1) is 11.8 Å². The van der Waals surface area contributed by atoms with E-state index in [1.165, 1.54) is 16.7 Å². The number of fused-ring (bicyclic) bond motifs is 1. The molecular formula is C17H19NO4S. The van der Waals surface area contributed by atoms with Gasteiger partial charge in [-0.1, -0.05) is 42.5 Å². The number of carbonyl (C=O) groups is 2. The number of thioether (sulfide) groups is 1. The molecule has 0 aliphatic carbocycles. The van der Waals surface area contributed by atoms with Crippen LogP contribution >= 0.6 is 11.8 Å². The van der Waals surface area contributed by atoms with E-state index in [0.717, 1.165) is 5.56 Å². The van der Waals surface area contributed by atoms with E-state index in [2.05, 4.69) is 0 Å². The second kappa shape index (κ2) is 5.69. The quantitative estimate of drug-likeness (QED) is 0.822. The molecule has 2 N–H and O–H groups in total. The first kappa shape index (κ1) is 16.1. The van der Waals surface area contributed by atoms with E-state index in [0.29, 0.717) is 0 Å². The van der Waals surface area contributed by atoms with E-state index in [4.69, 9.17) is 0 Å². The Morgan fingerprint density at radius 3 is 2.61 bits per heavy atom. The average Bonchev–Trinajstić information content (AvgIpc) is 2.74. The summed E-state index contributed by atoms with van der Waals surface area (Å²) in [5.74, 6) is -1.86. The van der Waals surface area contributed by atoms with Gasteiger partial charge in [-0.05, 0) is 19.4 Å². The summed E-state index contributed by atoms with van der Waals surface area (Å²) in [5.41, 5.74) is 0.943. The molecule has 1 aromatic rings. The molecule has 2 heterocycles. The minimum absolute atomic E-state index is 0.283. The fourth-order valence-corrected chi connectivity index (χ4v) is 4.98. The van der Waals surface area contributed by atoms with E-state index in [9.17, 15) is 19.8 Å². The lowest BCUT2D eigenvalue weighted by Gasteiger charge is -2.44. The van der Waals surface area contributed by atoms with Gasteiger partial charge in [0.1, 0.15) is 6.04 Å². The monoisotopic (exact) mass is 333 g/mol. The molecule has 0 aromatic heterocycles. The zero-order valence-electron chi connectivity index (χ0n) is 12.9. The molecule has 122 valence electrons. The van der Waals surface area contributed by atoms with Crippen LogP contribution in [-0.2, 0) is 9.59 Å². The molecular weight excluding hydrogens is 314 g/mol. The van der Waals surface area contributed by atoms with Crippen molar-refractivity contribution in [1.29, 1.82) is 0 Å². The molecule has 0 bridgehead atoms. The molecule has 3 rings (SSSR count). The van der Waals surface area contributed by atoms with E-state index in [1.807, 2.05) is 44.2 Å². The van der Waals surface area contributed by atoms with Crippen molar-refractivity contribution >= 4 is 29.7 Å². The first-order chi connectivity index (χ1) is 10.8. The number of hydrogen-bond acceptors (Lipinski definition) is 4. The lowest BCUT2D eigenvalue weighted by molar-refractivity contribution is -0.167. The first-order valence-electron chi connectivity index (χ1n) is 7.47. The highest BCUT2D eigenvalue weighted by molar-refractivity contribution is 8.01. The van der Waals surface area contributed by atoms with Crippen molar-refractivity contribution in [3.8, 4) is 0 Å². The Balaban J connectivity index is 1.75. The van der Waals surface area contributed by atoms with Crippen molar-refractivity contribution in [1.82, 2.24) is 4.90 Å². The molecule has 2 aliphatic heterocycles. The molecule has 0 saturated carbocycles. The van der Waals surface area contributed by atoms with E-state index in [-0.39, 0.29) is 11.3 Å². The Morgan fingerprint density at radius 1 is 1.35 bits per heavy atom. The maximum absolute atomic E-state index is 12.4. The Hall–Kier alpha value is -1.79. The number of hydrogen-bond donors (Lipinski definition) is 2. The Morgan fingerprint density at radius 2 is 2.00 bits per heavy atom. The zero-order chi connectivity index (χ0) is 16.8. The average molecular weight is 333 g/mol. The summed E-state index contributed by atoms with van der Waals surface area (Å²) >= 11 is 1.45. The van der Waals surface area contributed by atoms with Gasteiger partial charge in [-0.3, -0.25) is 4.79 Å². The van der Waals surface area contributed by atoms with Crippen LogP contribution in [0, 0.1) is 5.92 Å². The highest BCUT2D eigenvalue weighted by Gasteiger charge is 2.64. The van der Waals surface area contributed by atoms with Crippen LogP contribution in [0.5, 0.6) is 0 Å². The molecule has 6 heteroatoms. The zero-order valence-corrected chi connectivity index (χ0v) is 13.7. The predicted octanol–water partition coefficient (Wildman–Crippen LogP) is 1.82. The van der Waals surface area contributed by atoms with Crippen molar-refractivity contribution in [2.45, 2.75) is 36.1 Å². The summed E-state index contributed by atoms with van der Waals surface area (Å²) in [6, 6.07) is 8.68. The maximum atomic E-state index is 12.4. The number of aliphatic hydroxyl groups is 1. The van der Waals surface area contributed by atoms with E-state index >= 15 is 0 Å². The molecule has 4 atom stereocenters. The second-order valence-electron chi connectivity index (χ2n) is 6.38. The third-order valence-corrected chi connectivity index (χ3v) is 5.96. The van der Waals surface area contributed by atoms with Gasteiger partial charge in [0, 0.05) is 4.75 Å². The summed E-state index contributed by atoms with van der Waals surface area (Å²) in [6.07, 6.45) is 2.47. The number of aliphatic hydroxyl groups excluding tert-OH is 1. The second-order valence-corrected chi connectivity index (χ2v) is 8.16. The number of aliphatic carboxylic acids is 1. The molecule has 2 fully saturated rings. The summed E-state index contributed by atoms with van der Waals surface area (Å²) in [5, 5.41) is 19.4. The standard InChI is InChI=1S/C17H19NO4S/c1-17(2)13(16(21)22)18-14(20)12(15(18)23-17)11(19)9-8-10-6-4-3-5-7-10/h3-9,11-13,15,19H,1-2H3,(H,21,22)/t11?,12-,13+,15-/m1/s1. The summed E-state index contributed by atoms with van der Waals surface area (Å²) in [7, 11) is 0. The SMILES string of the molecule is CC1(C)S[C@@H]2[C@H](C(O)C=Cc3ccccc3)C(=O)N2[C@H]1C(=O)O. The molecule has 0 radical (unpaired) electrons. The fraction of sp³-hybridized carbons (Fsp3) is 0.412. The van der Waals surface area contributed by atoms with Crippen molar-refractivity contribution in [3.05, 3.63) is 42.0 Å². The highest BCUT2D eigenvalue weighted by Crippen LogP contribution is 2.54. The van der Waals surface area contributed by atoms with Gasteiger partial charge in [0.15, 0.2) is 0 Å². The van der Waals surface area contributed by atoms with Gasteiger partial charge in [0.05, 0.1) is 17.4 Å². The number of carboxylic acid groups (broad SMARTS) is 1. The molecule has 1 unspecified atom stereocenters. The third kappa shape index (κ3) is 2.66. The molecule has 1 amide bonds. The van der Waals surface area contributed by atoms with E-state index in [1.54, 1.807) is 12.2 Å². The minimum atomic E-state index is -0.994. The Labute approximate surface area is 139 Å². The lowest BCUT2D eigenvalue weighted by Crippen LogP contribution is -2.65. The van der Waals surface area contributed by atoms with Gasteiger partial charge in [0.25, 0.3) is 0 Å². The van der Waals surface area contributed by atoms with E-state index < -0.39 is 28.8 Å². The number of carbonyl (C=O) groups excluding carboxylic acids is 1. The van der Waals surface area contributed by atoms with Crippen molar-refractivity contribution < 1.29 is 19.8 Å². The number of benzene rings is 1. The summed E-state index contributed by atoms with van der Waals surface area (Å²) in [6.45, 7) is 3.65. The molecule has 23 heavy (non-hydrogen) atoms. The van der Waals surface area contributed by atoms with Crippen molar-refractivity contribution in [2.24, 2.45) is 5.92 Å². The number of β-lactam (4-membered cyclic amide) rings is 1. The third-order valence-electron chi connectivity index (χ3n) is 4.37. The topological polar surface area (TPSA) is 77.8 Å². The molecule has 5 nitrogen and oxygen atoms in total. The Bertz CT molecular complexity index is 658. The molecule has 2 aliphatic rings. The van der Waals surface area contributed by atoms with Gasteiger partial charge in [-0.25, -0.2) is 4.79 Å². The maximum Gasteiger partial charge on any atom is 0.327 e. The van der Waals surface area contributed by atoms with Crippen LogP contribution in [-0.4, -0.2) is 49.3 Å².